The van der Waals surface area contributed by atoms with Crippen LogP contribution in [0.15, 0.2) is 24.3 Å². The Morgan fingerprint density at radius 3 is 2.82 bits per heavy atom. The van der Waals surface area contributed by atoms with E-state index in [1.165, 1.54) is 18.9 Å². The second-order valence-electron chi connectivity index (χ2n) is 4.67. The Morgan fingerprint density at radius 2 is 2.18 bits per heavy atom. The normalized spacial score (nSPS) is 20.9. The Labute approximate surface area is 131 Å². The largest absolute Gasteiger partial charge is 0.495 e. The van der Waals surface area contributed by atoms with E-state index in [1.807, 2.05) is 0 Å². The van der Waals surface area contributed by atoms with Crippen LogP contribution in [0.1, 0.15) is 6.42 Å². The van der Waals surface area contributed by atoms with Crippen LogP contribution in [-0.4, -0.2) is 47.0 Å². The molecule has 3 N–H and O–H groups in total. The van der Waals surface area contributed by atoms with Crippen molar-refractivity contribution in [2.75, 3.05) is 18.2 Å². The third-order valence-corrected chi connectivity index (χ3v) is 4.43. The van der Waals surface area contributed by atoms with Crippen molar-refractivity contribution in [3.63, 3.8) is 0 Å². The molecule has 2 atom stereocenters. The number of para-hydroxylation sites is 2. The number of rotatable bonds is 5. The summed E-state index contributed by atoms with van der Waals surface area (Å²) < 4.78 is 5.13. The number of carboxylic acids is 1. The van der Waals surface area contributed by atoms with Crippen LogP contribution in [0, 0.1) is 0 Å². The average molecular weight is 324 g/mol. The molecule has 0 bridgehead atoms. The quantitative estimate of drug-likeness (QED) is 0.737. The van der Waals surface area contributed by atoms with Crippen LogP contribution in [0.4, 0.5) is 5.69 Å². The second kappa shape index (κ2) is 7.17. The van der Waals surface area contributed by atoms with Crippen molar-refractivity contribution in [1.82, 2.24) is 5.32 Å². The molecule has 118 valence electrons. The number of carbonyl (C=O) groups excluding carboxylic acids is 2. The molecule has 2 rings (SSSR count). The number of ether oxygens (including phenoxy) is 1. The van der Waals surface area contributed by atoms with E-state index in [-0.39, 0.29) is 18.1 Å². The van der Waals surface area contributed by atoms with Gasteiger partial charge >= 0.3 is 5.97 Å². The molecule has 1 saturated heterocycles. The fourth-order valence-corrected chi connectivity index (χ4v) is 3.14. The van der Waals surface area contributed by atoms with Crippen LogP contribution < -0.4 is 15.4 Å². The molecular formula is C14H16N2O5S. The number of benzene rings is 1. The topological polar surface area (TPSA) is 105 Å². The predicted octanol–water partition coefficient (Wildman–Crippen LogP) is 0.709. The zero-order valence-corrected chi connectivity index (χ0v) is 12.7. The van der Waals surface area contributed by atoms with Crippen molar-refractivity contribution in [3.8, 4) is 5.75 Å². The Bertz CT molecular complexity index is 592. The number of hydrogen-bond acceptors (Lipinski definition) is 5. The smallest absolute Gasteiger partial charge is 0.327 e. The van der Waals surface area contributed by atoms with Gasteiger partial charge in [0.15, 0.2) is 0 Å². The highest BCUT2D eigenvalue weighted by Gasteiger charge is 2.33. The summed E-state index contributed by atoms with van der Waals surface area (Å²) in [5, 5.41) is 13.3. The molecule has 1 aliphatic heterocycles. The van der Waals surface area contributed by atoms with Crippen molar-refractivity contribution in [3.05, 3.63) is 24.3 Å². The molecule has 1 heterocycles. The standard InChI is InChI=1S/C14H16N2O5S/c1-21-10-5-3-2-4-8(10)15-12(17)6-11-13(18)16-9(7-22-11)14(19)20/h2-5,9,11H,6-7H2,1H3,(H,15,17)(H,16,18)(H,19,20)/t9-,11-/m0/s1. The monoisotopic (exact) mass is 324 g/mol. The molecule has 0 aromatic heterocycles. The average Bonchev–Trinajstić information content (AvgIpc) is 2.49. The number of carboxylic acid groups (broad SMARTS) is 1. The molecule has 7 nitrogen and oxygen atoms in total. The summed E-state index contributed by atoms with van der Waals surface area (Å²) in [6, 6.07) is 6.06. The van der Waals surface area contributed by atoms with Gasteiger partial charge in [0.1, 0.15) is 11.8 Å². The molecular weight excluding hydrogens is 308 g/mol. The Balaban J connectivity index is 1.93. The first kappa shape index (κ1) is 16.2. The summed E-state index contributed by atoms with van der Waals surface area (Å²) in [7, 11) is 1.50. The number of carbonyl (C=O) groups is 3. The van der Waals surface area contributed by atoms with Gasteiger partial charge < -0.3 is 20.5 Å². The van der Waals surface area contributed by atoms with Gasteiger partial charge in [-0.1, -0.05) is 12.1 Å². The summed E-state index contributed by atoms with van der Waals surface area (Å²) in [4.78, 5) is 34.7. The lowest BCUT2D eigenvalue weighted by Crippen LogP contribution is -2.51. The first-order valence-electron chi connectivity index (χ1n) is 6.59. The van der Waals surface area contributed by atoms with Crippen LogP contribution in [0.3, 0.4) is 0 Å². The third kappa shape index (κ3) is 3.91. The van der Waals surface area contributed by atoms with E-state index in [1.54, 1.807) is 24.3 Å². The molecule has 1 fully saturated rings. The number of hydrogen-bond donors (Lipinski definition) is 3. The minimum Gasteiger partial charge on any atom is -0.495 e. The molecule has 8 heteroatoms. The lowest BCUT2D eigenvalue weighted by molar-refractivity contribution is -0.141. The Hall–Kier alpha value is -2.22. The van der Waals surface area contributed by atoms with Gasteiger partial charge in [-0.3, -0.25) is 9.59 Å². The molecule has 1 aromatic rings. The summed E-state index contributed by atoms with van der Waals surface area (Å²) in [6.45, 7) is 0. The first-order chi connectivity index (χ1) is 10.5. The van der Waals surface area contributed by atoms with Crippen LogP contribution in [0.25, 0.3) is 0 Å². The number of nitrogens with one attached hydrogen (secondary N) is 2. The minimum atomic E-state index is -1.07. The van der Waals surface area contributed by atoms with E-state index in [9.17, 15) is 14.4 Å². The van der Waals surface area contributed by atoms with E-state index in [2.05, 4.69) is 10.6 Å². The maximum absolute atomic E-state index is 12.0. The lowest BCUT2D eigenvalue weighted by Gasteiger charge is -2.25. The van der Waals surface area contributed by atoms with Crippen LogP contribution in [0.2, 0.25) is 0 Å². The molecule has 2 amide bonds. The van der Waals surface area contributed by atoms with Crippen molar-refractivity contribution in [1.29, 1.82) is 0 Å². The zero-order valence-electron chi connectivity index (χ0n) is 11.9. The van der Waals surface area contributed by atoms with Gasteiger partial charge in [0.25, 0.3) is 0 Å². The van der Waals surface area contributed by atoms with Gasteiger partial charge in [0, 0.05) is 12.2 Å². The summed E-state index contributed by atoms with van der Waals surface area (Å²) >= 11 is 1.17. The van der Waals surface area contributed by atoms with Crippen molar-refractivity contribution in [2.24, 2.45) is 0 Å². The Kier molecular flexibility index (Phi) is 5.26. The van der Waals surface area contributed by atoms with Gasteiger partial charge in [0.05, 0.1) is 18.0 Å². The third-order valence-electron chi connectivity index (χ3n) is 3.12. The maximum atomic E-state index is 12.0. The van der Waals surface area contributed by atoms with Gasteiger partial charge in [-0.15, -0.1) is 11.8 Å². The van der Waals surface area contributed by atoms with Crippen molar-refractivity contribution in [2.45, 2.75) is 17.7 Å². The van der Waals surface area contributed by atoms with Crippen molar-refractivity contribution < 1.29 is 24.2 Å². The highest BCUT2D eigenvalue weighted by atomic mass is 32.2. The van der Waals surface area contributed by atoms with E-state index < -0.39 is 23.2 Å². The Morgan fingerprint density at radius 1 is 1.45 bits per heavy atom. The van der Waals surface area contributed by atoms with Gasteiger partial charge in [0.2, 0.25) is 11.8 Å². The van der Waals surface area contributed by atoms with E-state index in [0.29, 0.717) is 11.4 Å². The van der Waals surface area contributed by atoms with E-state index in [4.69, 9.17) is 9.84 Å². The van der Waals surface area contributed by atoms with E-state index >= 15 is 0 Å². The fraction of sp³-hybridized carbons (Fsp3) is 0.357. The molecule has 0 radical (unpaired) electrons. The highest BCUT2D eigenvalue weighted by Crippen LogP contribution is 2.25. The fourth-order valence-electron chi connectivity index (χ4n) is 2.00. The van der Waals surface area contributed by atoms with Crippen LogP contribution >= 0.6 is 11.8 Å². The molecule has 1 aliphatic rings. The van der Waals surface area contributed by atoms with Crippen LogP contribution in [-0.2, 0) is 14.4 Å². The van der Waals surface area contributed by atoms with Gasteiger partial charge in [-0.05, 0) is 12.1 Å². The maximum Gasteiger partial charge on any atom is 0.327 e. The minimum absolute atomic E-state index is 0.0269. The number of thioether (sulfide) groups is 1. The number of methoxy groups -OCH3 is 1. The second-order valence-corrected chi connectivity index (χ2v) is 5.91. The summed E-state index contributed by atoms with van der Waals surface area (Å²) in [5.74, 6) is -1.06. The summed E-state index contributed by atoms with van der Waals surface area (Å²) in [6.07, 6.45) is -0.0269. The molecule has 1 aromatic carbocycles. The van der Waals surface area contributed by atoms with Gasteiger partial charge in [-0.25, -0.2) is 4.79 Å². The van der Waals surface area contributed by atoms with Crippen molar-refractivity contribution >= 4 is 35.2 Å². The van der Waals surface area contributed by atoms with E-state index in [0.717, 1.165) is 0 Å². The number of amides is 2. The van der Waals surface area contributed by atoms with Gasteiger partial charge in [-0.2, -0.15) is 0 Å². The molecule has 0 aliphatic carbocycles. The zero-order chi connectivity index (χ0) is 16.1. The highest BCUT2D eigenvalue weighted by molar-refractivity contribution is 8.00. The summed E-state index contributed by atoms with van der Waals surface area (Å²) in [5.41, 5.74) is 0.527. The molecule has 22 heavy (non-hydrogen) atoms. The first-order valence-corrected chi connectivity index (χ1v) is 7.63. The molecule has 0 unspecified atom stereocenters. The van der Waals surface area contributed by atoms with Crippen LogP contribution in [0.5, 0.6) is 5.75 Å². The predicted molar refractivity (Wildman–Crippen MR) is 82.1 cm³/mol. The number of anilines is 1. The number of aliphatic carboxylic acids is 1. The lowest BCUT2D eigenvalue weighted by atomic mass is 10.2. The molecule has 0 saturated carbocycles. The molecule has 0 spiro atoms. The SMILES string of the molecule is COc1ccccc1NC(=O)C[C@@H]1SC[C@@H](C(=O)O)NC1=O.